The van der Waals surface area contributed by atoms with Gasteiger partial charge in [-0.2, -0.15) is 0 Å². The summed E-state index contributed by atoms with van der Waals surface area (Å²) < 4.78 is 0. The molecule has 0 aromatic carbocycles. The van der Waals surface area contributed by atoms with Crippen molar-refractivity contribution in [3.63, 3.8) is 0 Å². The molecule has 1 amide bonds. The van der Waals surface area contributed by atoms with Crippen LogP contribution in [-0.2, 0) is 4.79 Å². The number of rotatable bonds is 3. The fraction of sp³-hybridized carbons (Fsp3) is 0.900. The van der Waals surface area contributed by atoms with Crippen molar-refractivity contribution in [3.05, 3.63) is 0 Å². The largest absolute Gasteiger partial charge is 0.396 e. The van der Waals surface area contributed by atoms with Crippen molar-refractivity contribution >= 4 is 5.91 Å². The van der Waals surface area contributed by atoms with Gasteiger partial charge in [-0.25, -0.2) is 0 Å². The summed E-state index contributed by atoms with van der Waals surface area (Å²) in [5, 5.41) is 9.02. The van der Waals surface area contributed by atoms with Crippen molar-refractivity contribution in [3.8, 4) is 0 Å². The predicted molar refractivity (Wildman–Crippen MR) is 54.7 cm³/mol. The fourth-order valence-corrected chi connectivity index (χ4v) is 1.82. The number of nitrogens with zero attached hydrogens (tertiary/aromatic N) is 1. The van der Waals surface area contributed by atoms with Crippen molar-refractivity contribution in [1.82, 2.24) is 4.90 Å². The maximum Gasteiger partial charge on any atom is 0.239 e. The van der Waals surface area contributed by atoms with Gasteiger partial charge in [0, 0.05) is 19.7 Å². The molecule has 0 radical (unpaired) electrons. The van der Waals surface area contributed by atoms with Crippen LogP contribution in [0.15, 0.2) is 0 Å². The number of aliphatic hydroxyl groups excluding tert-OH is 1. The molecule has 2 atom stereocenters. The Kier molecular flexibility index (Phi) is 4.35. The van der Waals surface area contributed by atoms with Crippen LogP contribution in [0.3, 0.4) is 0 Å². The fourth-order valence-electron chi connectivity index (χ4n) is 1.82. The molecule has 1 unspecified atom stereocenters. The molecule has 0 saturated carbocycles. The highest BCUT2D eigenvalue weighted by Crippen LogP contribution is 2.16. The first kappa shape index (κ1) is 11.5. The van der Waals surface area contributed by atoms with Crippen LogP contribution in [0.25, 0.3) is 0 Å². The summed E-state index contributed by atoms with van der Waals surface area (Å²) >= 11 is 0. The van der Waals surface area contributed by atoms with E-state index in [0.29, 0.717) is 13.0 Å². The third-order valence-corrected chi connectivity index (χ3v) is 2.85. The van der Waals surface area contributed by atoms with Gasteiger partial charge in [-0.1, -0.05) is 6.92 Å². The molecule has 0 spiro atoms. The van der Waals surface area contributed by atoms with Gasteiger partial charge in [-0.3, -0.25) is 4.79 Å². The van der Waals surface area contributed by atoms with Gasteiger partial charge in [0.25, 0.3) is 0 Å². The Balaban J connectivity index is 2.47. The summed E-state index contributed by atoms with van der Waals surface area (Å²) in [6.07, 6.45) is 2.67. The van der Waals surface area contributed by atoms with E-state index in [4.69, 9.17) is 10.8 Å². The number of hydrogen-bond donors (Lipinski definition) is 2. The first-order chi connectivity index (χ1) is 6.69. The van der Waals surface area contributed by atoms with Gasteiger partial charge in [0.05, 0.1) is 6.04 Å². The molecule has 4 heteroatoms. The summed E-state index contributed by atoms with van der Waals surface area (Å²) in [6.45, 7) is 3.55. The Morgan fingerprint density at radius 1 is 1.71 bits per heavy atom. The van der Waals surface area contributed by atoms with Crippen molar-refractivity contribution in [2.75, 3.05) is 19.7 Å². The van der Waals surface area contributed by atoms with E-state index >= 15 is 0 Å². The first-order valence-corrected chi connectivity index (χ1v) is 5.34. The van der Waals surface area contributed by atoms with Gasteiger partial charge in [0.15, 0.2) is 0 Å². The summed E-state index contributed by atoms with van der Waals surface area (Å²) in [4.78, 5) is 13.5. The van der Waals surface area contributed by atoms with Crippen molar-refractivity contribution in [1.29, 1.82) is 0 Å². The zero-order valence-corrected chi connectivity index (χ0v) is 8.78. The lowest BCUT2D eigenvalue weighted by Crippen LogP contribution is -2.48. The SMILES string of the molecule is CC[C@H](N)C(=O)N1CCCC(CO)C1. The smallest absolute Gasteiger partial charge is 0.239 e. The Labute approximate surface area is 85.1 Å². The van der Waals surface area contributed by atoms with Crippen molar-refractivity contribution in [2.24, 2.45) is 11.7 Å². The maximum absolute atomic E-state index is 11.7. The summed E-state index contributed by atoms with van der Waals surface area (Å²) in [7, 11) is 0. The Hall–Kier alpha value is -0.610. The van der Waals surface area contributed by atoms with Crippen LogP contribution in [0.4, 0.5) is 0 Å². The van der Waals surface area contributed by atoms with Gasteiger partial charge in [-0.15, -0.1) is 0 Å². The van der Waals surface area contributed by atoms with E-state index in [9.17, 15) is 4.79 Å². The van der Waals surface area contributed by atoms with Crippen LogP contribution in [-0.4, -0.2) is 41.7 Å². The lowest BCUT2D eigenvalue weighted by Gasteiger charge is -2.33. The quantitative estimate of drug-likeness (QED) is 0.671. The van der Waals surface area contributed by atoms with Crippen LogP contribution in [0, 0.1) is 5.92 Å². The molecular weight excluding hydrogens is 180 g/mol. The zero-order chi connectivity index (χ0) is 10.6. The second-order valence-electron chi connectivity index (χ2n) is 3.99. The standard InChI is InChI=1S/C10H20N2O2/c1-2-9(11)10(14)12-5-3-4-8(6-12)7-13/h8-9,13H,2-7,11H2,1H3/t8?,9-/m0/s1. The van der Waals surface area contributed by atoms with E-state index in [1.807, 2.05) is 6.92 Å². The minimum atomic E-state index is -0.368. The van der Waals surface area contributed by atoms with E-state index in [1.54, 1.807) is 4.90 Å². The van der Waals surface area contributed by atoms with Crippen LogP contribution < -0.4 is 5.73 Å². The average molecular weight is 200 g/mol. The number of carbonyl (C=O) groups excluding carboxylic acids is 1. The molecule has 1 aliphatic heterocycles. The van der Waals surface area contributed by atoms with E-state index < -0.39 is 0 Å². The molecule has 3 N–H and O–H groups in total. The summed E-state index contributed by atoms with van der Waals surface area (Å²) in [6, 6.07) is -0.368. The predicted octanol–water partition coefficient (Wildman–Crippen LogP) is -0.0454. The minimum Gasteiger partial charge on any atom is -0.396 e. The van der Waals surface area contributed by atoms with E-state index in [-0.39, 0.29) is 24.5 Å². The number of piperidine rings is 1. The summed E-state index contributed by atoms with van der Waals surface area (Å²) in [5.74, 6) is 0.280. The molecule has 1 aliphatic rings. The number of hydrogen-bond acceptors (Lipinski definition) is 3. The van der Waals surface area contributed by atoms with Crippen LogP contribution in [0.1, 0.15) is 26.2 Å². The highest BCUT2D eigenvalue weighted by Gasteiger charge is 2.25. The highest BCUT2D eigenvalue weighted by atomic mass is 16.3. The van der Waals surface area contributed by atoms with Gasteiger partial charge in [0.2, 0.25) is 5.91 Å². The molecule has 14 heavy (non-hydrogen) atoms. The highest BCUT2D eigenvalue weighted by molar-refractivity contribution is 5.81. The lowest BCUT2D eigenvalue weighted by molar-refractivity contribution is -0.134. The molecular formula is C10H20N2O2. The third-order valence-electron chi connectivity index (χ3n) is 2.85. The topological polar surface area (TPSA) is 66.6 Å². The monoisotopic (exact) mass is 200 g/mol. The molecule has 0 aromatic rings. The molecule has 1 heterocycles. The van der Waals surface area contributed by atoms with E-state index in [0.717, 1.165) is 19.4 Å². The van der Waals surface area contributed by atoms with Crippen LogP contribution in [0.5, 0.6) is 0 Å². The first-order valence-electron chi connectivity index (χ1n) is 5.34. The van der Waals surface area contributed by atoms with Crippen LogP contribution >= 0.6 is 0 Å². The van der Waals surface area contributed by atoms with Gasteiger partial charge < -0.3 is 15.7 Å². The second kappa shape index (κ2) is 5.32. The Morgan fingerprint density at radius 2 is 2.43 bits per heavy atom. The van der Waals surface area contributed by atoms with E-state index in [2.05, 4.69) is 0 Å². The number of likely N-dealkylation sites (tertiary alicyclic amines) is 1. The van der Waals surface area contributed by atoms with Crippen molar-refractivity contribution in [2.45, 2.75) is 32.2 Å². The molecule has 0 aromatic heterocycles. The zero-order valence-electron chi connectivity index (χ0n) is 8.78. The normalized spacial score (nSPS) is 24.8. The van der Waals surface area contributed by atoms with Gasteiger partial charge >= 0.3 is 0 Å². The number of aliphatic hydroxyl groups is 1. The van der Waals surface area contributed by atoms with Gasteiger partial charge in [-0.05, 0) is 25.2 Å². The molecule has 0 bridgehead atoms. The third kappa shape index (κ3) is 2.69. The number of carbonyl (C=O) groups is 1. The summed E-state index contributed by atoms with van der Waals surface area (Å²) in [5.41, 5.74) is 5.68. The lowest BCUT2D eigenvalue weighted by atomic mass is 9.98. The molecule has 1 fully saturated rings. The Bertz CT molecular complexity index is 197. The van der Waals surface area contributed by atoms with Crippen molar-refractivity contribution < 1.29 is 9.90 Å². The average Bonchev–Trinajstić information content (AvgIpc) is 2.27. The maximum atomic E-state index is 11.7. The van der Waals surface area contributed by atoms with Gasteiger partial charge in [0.1, 0.15) is 0 Å². The molecule has 0 aliphatic carbocycles. The molecule has 1 rings (SSSR count). The number of amides is 1. The Morgan fingerprint density at radius 3 is 3.00 bits per heavy atom. The van der Waals surface area contributed by atoms with E-state index in [1.165, 1.54) is 0 Å². The molecule has 82 valence electrons. The molecule has 1 saturated heterocycles. The molecule has 4 nitrogen and oxygen atoms in total. The second-order valence-corrected chi connectivity index (χ2v) is 3.99. The number of nitrogens with two attached hydrogens (primary N) is 1. The van der Waals surface area contributed by atoms with Crippen LogP contribution in [0.2, 0.25) is 0 Å². The minimum absolute atomic E-state index is 0.0330.